The minimum atomic E-state index is -2.80. The number of benzene rings is 2. The Morgan fingerprint density at radius 3 is 2.00 bits per heavy atom. The molecule has 2 fully saturated rings. The number of aliphatic hydroxyl groups excluding tert-OH is 1. The number of rotatable bonds is 6. The minimum absolute atomic E-state index is 0.193. The van der Waals surface area contributed by atoms with E-state index in [2.05, 4.69) is 45.0 Å². The summed E-state index contributed by atoms with van der Waals surface area (Å²) in [7, 11) is -2.80. The number of hydrogen-bond donors (Lipinski definition) is 1. The van der Waals surface area contributed by atoms with Gasteiger partial charge in [0, 0.05) is 0 Å². The van der Waals surface area contributed by atoms with Gasteiger partial charge in [0.05, 0.1) is 12.2 Å². The van der Waals surface area contributed by atoms with E-state index in [0.29, 0.717) is 0 Å². The zero-order valence-corrected chi connectivity index (χ0v) is 22.3. The fourth-order valence-electron chi connectivity index (χ4n) is 5.68. The molecule has 2 aromatic carbocycles. The lowest BCUT2D eigenvalue weighted by atomic mass is 10.0. The normalized spacial score (nSPS) is 29.7. The van der Waals surface area contributed by atoms with Gasteiger partial charge in [-0.2, -0.15) is 0 Å². The van der Waals surface area contributed by atoms with Crippen molar-refractivity contribution >= 4 is 24.7 Å². The minimum Gasteiger partial charge on any atom is -0.429 e. The Morgan fingerprint density at radius 2 is 1.50 bits per heavy atom. The van der Waals surface area contributed by atoms with E-state index in [1.807, 2.05) is 50.2 Å². The molecule has 1 N–H and O–H groups in total. The molecule has 36 heavy (non-hydrogen) atoms. The third-order valence-electron chi connectivity index (χ3n) is 7.12. The monoisotopic (exact) mass is 510 g/mol. The van der Waals surface area contributed by atoms with Gasteiger partial charge in [-0.3, -0.25) is 0 Å². The van der Waals surface area contributed by atoms with Crippen LogP contribution in [-0.4, -0.2) is 62.5 Å². The van der Waals surface area contributed by atoms with Crippen LogP contribution in [-0.2, 0) is 28.2 Å². The number of fused-ring (bicyclic) bond motifs is 1. The summed E-state index contributed by atoms with van der Waals surface area (Å²) >= 11 is 0. The Kier molecular flexibility index (Phi) is 6.47. The highest BCUT2D eigenvalue weighted by Crippen LogP contribution is 2.43. The van der Waals surface area contributed by atoms with Gasteiger partial charge in [0.25, 0.3) is 8.32 Å². The standard InChI is InChI=1S/C28H34O7Si/c1-27(2,3)36(18-12-8-6-9-13-18,19-14-10-7-11-15-19)31-17-21-24-25(35-28(4,5)34-24)23(32-21)20-16-22(29)33-26(20)30/h6-16,21-25,29H,17H2,1-5H3/t21-,22?,23+,24-,25+/m1/s1. The highest BCUT2D eigenvalue weighted by Gasteiger charge is 2.59. The van der Waals surface area contributed by atoms with Crippen molar-refractivity contribution in [3.05, 3.63) is 72.3 Å². The second-order valence-corrected chi connectivity index (χ2v) is 15.4. The van der Waals surface area contributed by atoms with E-state index in [0.717, 1.165) is 0 Å². The second-order valence-electron chi connectivity index (χ2n) is 11.1. The Labute approximate surface area is 213 Å². The lowest BCUT2D eigenvalue weighted by Crippen LogP contribution is -2.67. The van der Waals surface area contributed by atoms with E-state index in [1.54, 1.807) is 0 Å². The van der Waals surface area contributed by atoms with Crippen molar-refractivity contribution in [2.24, 2.45) is 0 Å². The molecule has 5 atom stereocenters. The second kappa shape index (κ2) is 9.20. The van der Waals surface area contributed by atoms with Gasteiger partial charge in [0.15, 0.2) is 5.79 Å². The molecular weight excluding hydrogens is 476 g/mol. The summed E-state index contributed by atoms with van der Waals surface area (Å²) in [6.45, 7) is 10.6. The molecule has 3 aliphatic rings. The average molecular weight is 511 g/mol. The molecule has 3 heterocycles. The molecule has 0 aliphatic carbocycles. The van der Waals surface area contributed by atoms with Crippen LogP contribution >= 0.6 is 0 Å². The smallest absolute Gasteiger partial charge is 0.339 e. The average Bonchev–Trinajstić information content (AvgIpc) is 3.44. The number of carbonyl (C=O) groups excluding carboxylic acids is 1. The first-order valence-electron chi connectivity index (χ1n) is 12.4. The largest absolute Gasteiger partial charge is 0.429 e. The predicted octanol–water partition coefficient (Wildman–Crippen LogP) is 2.65. The Balaban J connectivity index is 1.50. The van der Waals surface area contributed by atoms with Gasteiger partial charge in [-0.1, -0.05) is 81.4 Å². The molecule has 0 radical (unpaired) electrons. The van der Waals surface area contributed by atoms with Crippen molar-refractivity contribution in [1.82, 2.24) is 0 Å². The quantitative estimate of drug-likeness (QED) is 0.473. The molecule has 7 nitrogen and oxygen atoms in total. The van der Waals surface area contributed by atoms with Gasteiger partial charge in [-0.25, -0.2) is 4.79 Å². The summed E-state index contributed by atoms with van der Waals surface area (Å²) < 4.78 is 30.8. The van der Waals surface area contributed by atoms with Gasteiger partial charge < -0.3 is 28.5 Å². The third-order valence-corrected chi connectivity index (χ3v) is 12.1. The van der Waals surface area contributed by atoms with E-state index in [4.69, 9.17) is 23.4 Å². The molecule has 2 saturated heterocycles. The van der Waals surface area contributed by atoms with Gasteiger partial charge in [-0.05, 0) is 35.3 Å². The van der Waals surface area contributed by atoms with Crippen LogP contribution in [0.15, 0.2) is 72.3 Å². The first-order chi connectivity index (χ1) is 17.0. The lowest BCUT2D eigenvalue weighted by Gasteiger charge is -2.43. The highest BCUT2D eigenvalue weighted by atomic mass is 28.4. The highest BCUT2D eigenvalue weighted by molar-refractivity contribution is 6.99. The molecule has 0 bridgehead atoms. The van der Waals surface area contributed by atoms with Gasteiger partial charge in [-0.15, -0.1) is 0 Å². The lowest BCUT2D eigenvalue weighted by molar-refractivity contribution is -0.187. The first kappa shape index (κ1) is 25.3. The van der Waals surface area contributed by atoms with Crippen LogP contribution in [0.1, 0.15) is 34.6 Å². The maximum absolute atomic E-state index is 12.4. The molecule has 0 saturated carbocycles. The number of cyclic esters (lactones) is 1. The van der Waals surface area contributed by atoms with E-state index < -0.39 is 50.8 Å². The molecule has 0 spiro atoms. The van der Waals surface area contributed by atoms with E-state index in [9.17, 15) is 9.90 Å². The van der Waals surface area contributed by atoms with Crippen LogP contribution in [0.25, 0.3) is 0 Å². The zero-order chi connectivity index (χ0) is 25.7. The molecule has 0 amide bonds. The maximum atomic E-state index is 12.4. The van der Waals surface area contributed by atoms with Gasteiger partial charge >= 0.3 is 5.97 Å². The van der Waals surface area contributed by atoms with Crippen molar-refractivity contribution in [2.75, 3.05) is 6.61 Å². The molecule has 8 heteroatoms. The summed E-state index contributed by atoms with van der Waals surface area (Å²) in [5.74, 6) is -1.44. The molecule has 1 unspecified atom stereocenters. The maximum Gasteiger partial charge on any atom is 0.339 e. The van der Waals surface area contributed by atoms with Gasteiger partial charge in [0.2, 0.25) is 6.29 Å². The van der Waals surface area contributed by atoms with Crippen LogP contribution in [0, 0.1) is 0 Å². The van der Waals surface area contributed by atoms with E-state index in [1.165, 1.54) is 16.4 Å². The summed E-state index contributed by atoms with van der Waals surface area (Å²) in [5.41, 5.74) is 0.256. The first-order valence-corrected chi connectivity index (χ1v) is 14.3. The Bertz CT molecular complexity index is 1090. The van der Waals surface area contributed by atoms with Crippen molar-refractivity contribution in [1.29, 1.82) is 0 Å². The van der Waals surface area contributed by atoms with Crippen molar-refractivity contribution in [3.8, 4) is 0 Å². The SMILES string of the molecule is CC1(C)O[C@@H]2[C@H](O1)[C@@H](CO[Si](c1ccccc1)(c1ccccc1)C(C)(C)C)O[C@H]2C1=CC(O)OC1=O. The fourth-order valence-corrected chi connectivity index (χ4v) is 10.2. The van der Waals surface area contributed by atoms with Crippen molar-refractivity contribution in [3.63, 3.8) is 0 Å². The predicted molar refractivity (Wildman–Crippen MR) is 136 cm³/mol. The summed E-state index contributed by atoms with van der Waals surface area (Å²) in [6, 6.07) is 20.8. The molecular formula is C28H34O7Si. The van der Waals surface area contributed by atoms with E-state index in [-0.39, 0.29) is 17.2 Å². The topological polar surface area (TPSA) is 83.5 Å². The molecule has 0 aromatic heterocycles. The zero-order valence-electron chi connectivity index (χ0n) is 21.3. The summed E-state index contributed by atoms with van der Waals surface area (Å²) in [4.78, 5) is 12.4. The summed E-state index contributed by atoms with van der Waals surface area (Å²) in [5, 5.41) is 12.0. The number of esters is 1. The Hall–Kier alpha value is -2.33. The Morgan fingerprint density at radius 1 is 0.944 bits per heavy atom. The van der Waals surface area contributed by atoms with Crippen LogP contribution < -0.4 is 10.4 Å². The van der Waals surface area contributed by atoms with Gasteiger partial charge in [0.1, 0.15) is 24.4 Å². The molecule has 3 aliphatic heterocycles. The molecule has 2 aromatic rings. The van der Waals surface area contributed by atoms with E-state index >= 15 is 0 Å². The van der Waals surface area contributed by atoms with Crippen LogP contribution in [0.4, 0.5) is 0 Å². The number of aliphatic hydroxyl groups is 1. The molecule has 192 valence electrons. The van der Waals surface area contributed by atoms with Crippen LogP contribution in [0.5, 0.6) is 0 Å². The third kappa shape index (κ3) is 4.36. The van der Waals surface area contributed by atoms with Crippen molar-refractivity contribution in [2.45, 2.75) is 76.1 Å². The van der Waals surface area contributed by atoms with Crippen LogP contribution in [0.2, 0.25) is 5.04 Å². The summed E-state index contributed by atoms with van der Waals surface area (Å²) in [6.07, 6.45) is -2.04. The van der Waals surface area contributed by atoms with Crippen LogP contribution in [0.3, 0.4) is 0 Å². The molecule has 5 rings (SSSR count). The number of ether oxygens (including phenoxy) is 4. The number of carbonyl (C=O) groups is 1. The van der Waals surface area contributed by atoms with Crippen molar-refractivity contribution < 1.29 is 33.3 Å². The number of hydrogen-bond acceptors (Lipinski definition) is 7. The fraction of sp³-hybridized carbons (Fsp3) is 0.464.